The molecule has 0 aliphatic rings. The molecule has 31 heavy (non-hydrogen) atoms. The maximum atomic E-state index is 14.7. The first-order valence-electron chi connectivity index (χ1n) is 8.72. The van der Waals surface area contributed by atoms with Crippen molar-refractivity contribution in [2.45, 2.75) is 13.0 Å². The normalized spacial score (nSPS) is 12.0. The van der Waals surface area contributed by atoms with Crippen molar-refractivity contribution in [3.63, 3.8) is 0 Å². The fraction of sp³-hybridized carbons (Fsp3) is 0.0909. The zero-order chi connectivity index (χ0) is 22.7. The van der Waals surface area contributed by atoms with Crippen LogP contribution in [0.1, 0.15) is 11.1 Å². The summed E-state index contributed by atoms with van der Waals surface area (Å²) in [5, 5.41) is -1.84. The summed E-state index contributed by atoms with van der Waals surface area (Å²) in [4.78, 5) is 0. The van der Waals surface area contributed by atoms with E-state index in [0.717, 1.165) is 0 Å². The van der Waals surface area contributed by atoms with Gasteiger partial charge in [0.1, 0.15) is 17.1 Å². The van der Waals surface area contributed by atoms with Crippen molar-refractivity contribution < 1.29 is 39.9 Å². The smallest absolute Gasteiger partial charge is 0.429 e. The summed E-state index contributed by atoms with van der Waals surface area (Å²) in [6.45, 7) is 1.61. The van der Waals surface area contributed by atoms with E-state index in [-0.39, 0.29) is 10.8 Å². The first-order chi connectivity index (χ1) is 14.5. The largest absolute Gasteiger partial charge is 0.429 e. The molecule has 0 spiro atoms. The van der Waals surface area contributed by atoms with Crippen LogP contribution >= 0.6 is 0 Å². The van der Waals surface area contributed by atoms with Gasteiger partial charge in [-0.1, -0.05) is 17.7 Å². The summed E-state index contributed by atoms with van der Waals surface area (Å²) in [5.74, 6) is -11.3. The lowest BCUT2D eigenvalue weighted by Gasteiger charge is -2.20. The van der Waals surface area contributed by atoms with Gasteiger partial charge in [0, 0.05) is 11.5 Å². The zero-order valence-corrected chi connectivity index (χ0v) is 15.5. The number of aryl methyl sites for hydroxylation is 1. The Morgan fingerprint density at radius 1 is 0.677 bits per heavy atom. The second-order valence-corrected chi connectivity index (χ2v) is 6.89. The topological polar surface area (TPSA) is 9.23 Å². The molecule has 0 aromatic heterocycles. The van der Waals surface area contributed by atoms with E-state index in [2.05, 4.69) is 4.74 Å². The molecular weight excluding hydrogens is 432 g/mol. The predicted octanol–water partition coefficient (Wildman–Crippen LogP) is 7.26. The van der Waals surface area contributed by atoms with Crippen LogP contribution < -0.4 is 4.74 Å². The summed E-state index contributed by atoms with van der Waals surface area (Å²) in [5.41, 5.74) is -0.887. The third-order valence-corrected chi connectivity index (χ3v) is 4.73. The second kappa shape index (κ2) is 7.11. The molecule has 0 heterocycles. The number of benzene rings is 4. The average molecular weight is 442 g/mol. The third kappa shape index (κ3) is 3.43. The fourth-order valence-electron chi connectivity index (χ4n) is 3.28. The Labute approximate surface area is 169 Å². The average Bonchev–Trinajstić information content (AvgIpc) is 2.68. The minimum atomic E-state index is -4.48. The molecule has 0 amide bonds. The molecule has 0 atom stereocenters. The number of fused-ring (bicyclic) bond motifs is 2. The van der Waals surface area contributed by atoms with Crippen molar-refractivity contribution in [2.75, 3.05) is 0 Å². The Hall–Kier alpha value is -3.36. The Bertz CT molecular complexity index is 1360. The number of halogens is 8. The maximum absolute atomic E-state index is 14.7. The number of hydrogen-bond donors (Lipinski definition) is 0. The van der Waals surface area contributed by atoms with Gasteiger partial charge < -0.3 is 4.74 Å². The highest BCUT2D eigenvalue weighted by Crippen LogP contribution is 2.38. The van der Waals surface area contributed by atoms with Gasteiger partial charge in [-0.15, -0.1) is 0 Å². The predicted molar refractivity (Wildman–Crippen MR) is 96.9 cm³/mol. The number of hydrogen-bond acceptors (Lipinski definition) is 1. The van der Waals surface area contributed by atoms with Gasteiger partial charge in [0.2, 0.25) is 0 Å². The van der Waals surface area contributed by atoms with Crippen LogP contribution in [0.5, 0.6) is 5.75 Å². The quantitative estimate of drug-likeness (QED) is 0.240. The minimum Gasteiger partial charge on any atom is -0.429 e. The Morgan fingerprint density at radius 3 is 2.10 bits per heavy atom. The van der Waals surface area contributed by atoms with Gasteiger partial charge in [-0.3, -0.25) is 0 Å². The van der Waals surface area contributed by atoms with Crippen LogP contribution in [0.15, 0.2) is 42.5 Å². The molecule has 9 heteroatoms. The van der Waals surface area contributed by atoms with Crippen molar-refractivity contribution in [3.05, 3.63) is 88.5 Å². The van der Waals surface area contributed by atoms with Crippen LogP contribution in [0, 0.1) is 41.8 Å². The molecule has 0 saturated heterocycles. The molecule has 0 bridgehead atoms. The molecule has 0 aliphatic carbocycles. The molecule has 0 unspecified atom stereocenters. The number of rotatable bonds is 3. The number of alkyl halides is 2. The highest BCUT2D eigenvalue weighted by Gasteiger charge is 2.40. The van der Waals surface area contributed by atoms with E-state index < -0.39 is 63.1 Å². The standard InChI is InChI=1S/C22H10F8O/c1-9-2-3-10-6-14(19(26)18(25)13(10)4-9)22(29,30)31-12-5-11-7-16(24)20(27)21(28)17(11)15(23)8-12/h2-8H,1H3. The van der Waals surface area contributed by atoms with Crippen molar-refractivity contribution in [2.24, 2.45) is 0 Å². The highest BCUT2D eigenvalue weighted by atomic mass is 19.3. The van der Waals surface area contributed by atoms with E-state index in [9.17, 15) is 35.1 Å². The van der Waals surface area contributed by atoms with E-state index in [1.807, 2.05) is 0 Å². The van der Waals surface area contributed by atoms with Gasteiger partial charge >= 0.3 is 6.11 Å². The third-order valence-electron chi connectivity index (χ3n) is 4.73. The first-order valence-corrected chi connectivity index (χ1v) is 8.72. The summed E-state index contributed by atoms with van der Waals surface area (Å²) in [6.07, 6.45) is -4.48. The molecule has 4 rings (SSSR count). The number of ether oxygens (including phenoxy) is 1. The molecule has 0 fully saturated rings. The van der Waals surface area contributed by atoms with E-state index in [1.165, 1.54) is 18.2 Å². The van der Waals surface area contributed by atoms with Gasteiger partial charge in [0.15, 0.2) is 29.1 Å². The zero-order valence-electron chi connectivity index (χ0n) is 15.5. The molecular formula is C22H10F8O. The van der Waals surface area contributed by atoms with Crippen LogP contribution in [0.3, 0.4) is 0 Å². The van der Waals surface area contributed by atoms with Crippen LogP contribution in [-0.2, 0) is 6.11 Å². The van der Waals surface area contributed by atoms with Gasteiger partial charge in [-0.2, -0.15) is 8.78 Å². The fourth-order valence-corrected chi connectivity index (χ4v) is 3.28. The Balaban J connectivity index is 1.82. The van der Waals surface area contributed by atoms with Crippen molar-refractivity contribution >= 4 is 21.5 Å². The molecule has 4 aromatic carbocycles. The first kappa shape index (κ1) is 20.9. The summed E-state index contributed by atoms with van der Waals surface area (Å²) in [6, 6.07) is 6.08. The summed E-state index contributed by atoms with van der Waals surface area (Å²) < 4.78 is 117. The van der Waals surface area contributed by atoms with Crippen LogP contribution in [-0.4, -0.2) is 0 Å². The van der Waals surface area contributed by atoms with Gasteiger partial charge in [-0.25, -0.2) is 26.3 Å². The maximum Gasteiger partial charge on any atom is 0.429 e. The van der Waals surface area contributed by atoms with Crippen molar-refractivity contribution in [1.29, 1.82) is 0 Å². The molecule has 0 radical (unpaired) electrons. The van der Waals surface area contributed by atoms with E-state index >= 15 is 0 Å². The van der Waals surface area contributed by atoms with E-state index in [4.69, 9.17) is 0 Å². The Morgan fingerprint density at radius 2 is 1.39 bits per heavy atom. The Kier molecular flexibility index (Phi) is 4.79. The van der Waals surface area contributed by atoms with Crippen molar-refractivity contribution in [1.82, 2.24) is 0 Å². The second-order valence-electron chi connectivity index (χ2n) is 6.89. The molecule has 0 aliphatic heterocycles. The molecule has 0 N–H and O–H groups in total. The van der Waals surface area contributed by atoms with E-state index in [1.54, 1.807) is 6.92 Å². The van der Waals surface area contributed by atoms with Gasteiger partial charge in [0.25, 0.3) is 0 Å². The van der Waals surface area contributed by atoms with Crippen LogP contribution in [0.2, 0.25) is 0 Å². The molecule has 1 nitrogen and oxygen atoms in total. The van der Waals surface area contributed by atoms with Crippen molar-refractivity contribution in [3.8, 4) is 5.75 Å². The molecule has 160 valence electrons. The van der Waals surface area contributed by atoms with E-state index in [0.29, 0.717) is 29.8 Å². The summed E-state index contributed by atoms with van der Waals surface area (Å²) in [7, 11) is 0. The monoisotopic (exact) mass is 442 g/mol. The van der Waals surface area contributed by atoms with Crippen LogP contribution in [0.25, 0.3) is 21.5 Å². The van der Waals surface area contributed by atoms with Crippen LogP contribution in [0.4, 0.5) is 35.1 Å². The SMILES string of the molecule is Cc1ccc2cc(C(F)(F)Oc3cc(F)c4c(F)c(F)c(F)cc4c3)c(F)c(F)c2c1. The lowest BCUT2D eigenvalue weighted by Crippen LogP contribution is -2.24. The lowest BCUT2D eigenvalue weighted by molar-refractivity contribution is -0.187. The minimum absolute atomic E-state index is 0.0351. The van der Waals surface area contributed by atoms with Gasteiger partial charge in [-0.05, 0) is 42.0 Å². The van der Waals surface area contributed by atoms with Gasteiger partial charge in [0.05, 0.1) is 5.39 Å². The lowest BCUT2D eigenvalue weighted by atomic mass is 10.0. The highest BCUT2D eigenvalue weighted by molar-refractivity contribution is 5.86. The molecule has 0 saturated carbocycles. The summed E-state index contributed by atoms with van der Waals surface area (Å²) >= 11 is 0. The molecule has 4 aromatic rings.